The van der Waals surface area contributed by atoms with Gasteiger partial charge in [0.05, 0.1) is 4.88 Å². The Balaban J connectivity index is 1.77. The zero-order valence-corrected chi connectivity index (χ0v) is 13.6. The number of benzene rings is 1. The van der Waals surface area contributed by atoms with Crippen molar-refractivity contribution in [3.63, 3.8) is 0 Å². The van der Waals surface area contributed by atoms with Crippen molar-refractivity contribution in [2.75, 3.05) is 0 Å². The van der Waals surface area contributed by atoms with E-state index in [0.29, 0.717) is 16.2 Å². The van der Waals surface area contributed by atoms with Crippen LogP contribution < -0.4 is 5.32 Å². The quantitative estimate of drug-likeness (QED) is 0.705. The minimum absolute atomic E-state index is 0.0211. The third-order valence-corrected chi connectivity index (χ3v) is 4.35. The van der Waals surface area contributed by atoms with Crippen LogP contribution in [0.5, 0.6) is 0 Å². The molecule has 0 aliphatic rings. The summed E-state index contributed by atoms with van der Waals surface area (Å²) in [4.78, 5) is 28.5. The Bertz CT molecular complexity index is 874. The van der Waals surface area contributed by atoms with Crippen molar-refractivity contribution in [2.45, 2.75) is 12.5 Å². The highest BCUT2D eigenvalue weighted by molar-refractivity contribution is 7.13. The van der Waals surface area contributed by atoms with Crippen LogP contribution in [-0.2, 0) is 11.2 Å². The largest absolute Gasteiger partial charge is 0.480 e. The minimum Gasteiger partial charge on any atom is -0.480 e. The topological polar surface area (TPSA) is 92.4 Å². The van der Waals surface area contributed by atoms with Gasteiger partial charge in [0.25, 0.3) is 5.91 Å². The Morgan fingerprint density at radius 3 is 2.68 bits per heavy atom. The summed E-state index contributed by atoms with van der Waals surface area (Å²) < 4.78 is 18.2. The van der Waals surface area contributed by atoms with Crippen LogP contribution in [-0.4, -0.2) is 28.0 Å². The van der Waals surface area contributed by atoms with Crippen LogP contribution in [0.15, 0.2) is 52.6 Å². The number of hydrogen-bond acceptors (Lipinski definition) is 5. The van der Waals surface area contributed by atoms with Gasteiger partial charge in [0, 0.05) is 6.42 Å². The van der Waals surface area contributed by atoms with Gasteiger partial charge >= 0.3 is 5.97 Å². The fourth-order valence-electron chi connectivity index (χ4n) is 2.27. The van der Waals surface area contributed by atoms with Crippen molar-refractivity contribution in [1.29, 1.82) is 0 Å². The minimum atomic E-state index is -1.20. The van der Waals surface area contributed by atoms with E-state index in [1.165, 1.54) is 35.6 Å². The number of nitrogens with zero attached hydrogens (tertiary/aromatic N) is 1. The van der Waals surface area contributed by atoms with Gasteiger partial charge in [0.15, 0.2) is 17.8 Å². The summed E-state index contributed by atoms with van der Waals surface area (Å²) in [6.45, 7) is 0. The van der Waals surface area contributed by atoms with Crippen LogP contribution >= 0.6 is 11.3 Å². The lowest BCUT2D eigenvalue weighted by atomic mass is 10.1. The van der Waals surface area contributed by atoms with E-state index in [4.69, 9.17) is 4.42 Å². The summed E-state index contributed by atoms with van der Waals surface area (Å²) >= 11 is 1.38. The maximum atomic E-state index is 13.0. The molecule has 0 saturated heterocycles. The van der Waals surface area contributed by atoms with Crippen LogP contribution in [0.1, 0.15) is 16.1 Å². The molecule has 8 heteroatoms. The Labute approximate surface area is 145 Å². The van der Waals surface area contributed by atoms with Gasteiger partial charge in [0.2, 0.25) is 0 Å². The van der Waals surface area contributed by atoms with E-state index >= 15 is 0 Å². The highest BCUT2D eigenvalue weighted by Crippen LogP contribution is 2.27. The lowest BCUT2D eigenvalue weighted by molar-refractivity contribution is -0.139. The molecule has 0 fully saturated rings. The summed E-state index contributed by atoms with van der Waals surface area (Å²) in [7, 11) is 0. The Kier molecular flexibility index (Phi) is 4.90. The second kappa shape index (κ2) is 7.27. The van der Waals surface area contributed by atoms with E-state index in [-0.39, 0.29) is 12.1 Å². The number of nitrogens with one attached hydrogen (secondary N) is 1. The molecule has 1 aromatic carbocycles. The highest BCUT2D eigenvalue weighted by Gasteiger charge is 2.25. The molecule has 25 heavy (non-hydrogen) atoms. The number of carboxylic acid groups (broad SMARTS) is 1. The first kappa shape index (κ1) is 16.8. The van der Waals surface area contributed by atoms with E-state index in [0.717, 1.165) is 6.39 Å². The van der Waals surface area contributed by atoms with E-state index in [9.17, 15) is 19.1 Å². The van der Waals surface area contributed by atoms with Crippen molar-refractivity contribution in [2.24, 2.45) is 0 Å². The molecule has 3 rings (SSSR count). The van der Waals surface area contributed by atoms with E-state index in [1.54, 1.807) is 12.1 Å². The van der Waals surface area contributed by atoms with Crippen molar-refractivity contribution in [3.8, 4) is 10.6 Å². The maximum absolute atomic E-state index is 13.0. The van der Waals surface area contributed by atoms with Gasteiger partial charge < -0.3 is 14.8 Å². The SMILES string of the molecule is O=C(N[C@H](Cc1ccc(F)cc1)C(=O)O)c1ncoc1-c1cccs1. The van der Waals surface area contributed by atoms with Gasteiger partial charge in [0.1, 0.15) is 11.9 Å². The average Bonchev–Trinajstić information content (AvgIpc) is 3.26. The first-order valence-corrected chi connectivity index (χ1v) is 8.18. The molecule has 0 spiro atoms. The van der Waals surface area contributed by atoms with E-state index in [1.807, 2.05) is 5.38 Å². The summed E-state index contributed by atoms with van der Waals surface area (Å²) in [5.41, 5.74) is 0.612. The van der Waals surface area contributed by atoms with Crippen molar-refractivity contribution < 1.29 is 23.5 Å². The van der Waals surface area contributed by atoms with E-state index < -0.39 is 23.7 Å². The molecular formula is C17H13FN2O4S. The number of aromatic nitrogens is 1. The number of amides is 1. The molecule has 0 radical (unpaired) electrons. The lowest BCUT2D eigenvalue weighted by Gasteiger charge is -2.14. The lowest BCUT2D eigenvalue weighted by Crippen LogP contribution is -2.42. The number of carbonyl (C=O) groups is 2. The third kappa shape index (κ3) is 3.92. The van der Waals surface area contributed by atoms with Crippen molar-refractivity contribution >= 4 is 23.2 Å². The summed E-state index contributed by atoms with van der Waals surface area (Å²) in [6, 6.07) is 7.83. The van der Waals surface area contributed by atoms with Crippen molar-refractivity contribution in [3.05, 3.63) is 65.2 Å². The molecule has 3 aromatic rings. The molecule has 128 valence electrons. The monoisotopic (exact) mass is 360 g/mol. The summed E-state index contributed by atoms with van der Waals surface area (Å²) in [5, 5.41) is 13.6. The maximum Gasteiger partial charge on any atom is 0.326 e. The smallest absolute Gasteiger partial charge is 0.326 e. The molecule has 0 bridgehead atoms. The standard InChI is InChI=1S/C17H13FN2O4S/c18-11-5-3-10(4-6-11)8-12(17(22)23)20-16(21)14-15(24-9-19-14)13-2-1-7-25-13/h1-7,9,12H,8H2,(H,20,21)(H,22,23)/t12-/m1/s1. The van der Waals surface area contributed by atoms with E-state index in [2.05, 4.69) is 10.3 Å². The van der Waals surface area contributed by atoms with Crippen molar-refractivity contribution in [1.82, 2.24) is 10.3 Å². The number of rotatable bonds is 6. The van der Waals surface area contributed by atoms with Gasteiger partial charge in [-0.1, -0.05) is 18.2 Å². The molecular weight excluding hydrogens is 347 g/mol. The molecule has 2 aromatic heterocycles. The number of carboxylic acids is 1. The zero-order chi connectivity index (χ0) is 17.8. The molecule has 1 amide bonds. The number of carbonyl (C=O) groups excluding carboxylic acids is 1. The molecule has 1 atom stereocenters. The zero-order valence-electron chi connectivity index (χ0n) is 12.8. The predicted molar refractivity (Wildman–Crippen MR) is 88.8 cm³/mol. The molecule has 0 aliphatic carbocycles. The fraction of sp³-hybridized carbons (Fsp3) is 0.118. The average molecular weight is 360 g/mol. The molecule has 6 nitrogen and oxygen atoms in total. The number of oxazole rings is 1. The number of hydrogen-bond donors (Lipinski definition) is 2. The molecule has 0 unspecified atom stereocenters. The number of halogens is 1. The van der Waals surface area contributed by atoms with Crippen LogP contribution in [0, 0.1) is 5.82 Å². The number of thiophene rings is 1. The molecule has 2 heterocycles. The Morgan fingerprint density at radius 2 is 2.04 bits per heavy atom. The van der Waals surface area contributed by atoms with Gasteiger partial charge in [-0.3, -0.25) is 4.79 Å². The Morgan fingerprint density at radius 1 is 1.28 bits per heavy atom. The van der Waals surface area contributed by atoms with Gasteiger partial charge in [-0.2, -0.15) is 0 Å². The highest BCUT2D eigenvalue weighted by atomic mass is 32.1. The van der Waals surface area contributed by atoms with Crippen LogP contribution in [0.4, 0.5) is 4.39 Å². The second-order valence-corrected chi connectivity index (χ2v) is 6.15. The molecule has 0 saturated carbocycles. The Hall–Kier alpha value is -3.00. The summed E-state index contributed by atoms with van der Waals surface area (Å²) in [6.07, 6.45) is 1.16. The van der Waals surface area contributed by atoms with Gasteiger partial charge in [-0.05, 0) is 29.1 Å². The third-order valence-electron chi connectivity index (χ3n) is 3.48. The second-order valence-electron chi connectivity index (χ2n) is 5.20. The normalized spacial score (nSPS) is 11.9. The summed E-state index contributed by atoms with van der Waals surface area (Å²) in [5.74, 6) is -1.97. The van der Waals surface area contributed by atoms with Gasteiger partial charge in [-0.25, -0.2) is 14.2 Å². The first-order valence-electron chi connectivity index (χ1n) is 7.30. The fourth-order valence-corrected chi connectivity index (χ4v) is 2.99. The van der Waals surface area contributed by atoms with Crippen LogP contribution in [0.2, 0.25) is 0 Å². The first-order chi connectivity index (χ1) is 12.0. The van der Waals surface area contributed by atoms with Crippen LogP contribution in [0.25, 0.3) is 10.6 Å². The van der Waals surface area contributed by atoms with Gasteiger partial charge in [-0.15, -0.1) is 11.3 Å². The predicted octanol–water partition coefficient (Wildman–Crippen LogP) is 2.97. The van der Waals surface area contributed by atoms with Crippen LogP contribution in [0.3, 0.4) is 0 Å². The number of aliphatic carboxylic acids is 1. The molecule has 2 N–H and O–H groups in total. The molecule has 0 aliphatic heterocycles.